The van der Waals surface area contributed by atoms with Crippen LogP contribution < -0.4 is 5.32 Å². The maximum Gasteiger partial charge on any atom is 0.317 e. The minimum Gasteiger partial charge on any atom is -0.480 e. The fraction of sp³-hybridized carbons (Fsp3) is 0.727. The average molecular weight is 286 g/mol. The number of carboxylic acid groups (broad SMARTS) is 1. The molecule has 0 radical (unpaired) electrons. The Morgan fingerprint density at radius 1 is 1.45 bits per heavy atom. The number of hydrogen-bond acceptors (Lipinski definition) is 7. The summed E-state index contributed by atoms with van der Waals surface area (Å²) in [7, 11) is 0. The molecule has 0 saturated carbocycles. The highest BCUT2D eigenvalue weighted by molar-refractivity contribution is 5.99. The molecular weight excluding hydrogens is 268 g/mol. The van der Waals surface area contributed by atoms with Crippen molar-refractivity contribution in [3.8, 4) is 0 Å². The molecule has 2 N–H and O–H groups in total. The summed E-state index contributed by atoms with van der Waals surface area (Å²) in [6.45, 7) is 2.36. The molecule has 112 valence electrons. The summed E-state index contributed by atoms with van der Waals surface area (Å²) < 4.78 is 0. The van der Waals surface area contributed by atoms with Crippen molar-refractivity contribution >= 4 is 17.8 Å². The largest absolute Gasteiger partial charge is 0.480 e. The van der Waals surface area contributed by atoms with Gasteiger partial charge in [-0.3, -0.25) is 29.5 Å². The van der Waals surface area contributed by atoms with Gasteiger partial charge in [0.2, 0.25) is 11.8 Å². The number of amides is 2. The number of hydrogen-bond donors (Lipinski definition) is 2. The molecule has 20 heavy (non-hydrogen) atoms. The molecule has 1 saturated heterocycles. The fourth-order valence-electron chi connectivity index (χ4n) is 2.11. The van der Waals surface area contributed by atoms with Gasteiger partial charge in [-0.1, -0.05) is 5.18 Å². The zero-order valence-corrected chi connectivity index (χ0v) is 11.2. The lowest BCUT2D eigenvalue weighted by atomic mass is 10.2. The Morgan fingerprint density at radius 3 is 2.55 bits per heavy atom. The van der Waals surface area contributed by atoms with Crippen molar-refractivity contribution < 1.29 is 19.5 Å². The zero-order valence-electron chi connectivity index (χ0n) is 11.2. The molecule has 0 aromatic rings. The van der Waals surface area contributed by atoms with Crippen LogP contribution in [0, 0.1) is 4.91 Å². The lowest BCUT2D eigenvalue weighted by molar-refractivity contribution is -0.140. The van der Waals surface area contributed by atoms with Gasteiger partial charge in [0.1, 0.15) is 0 Å². The van der Waals surface area contributed by atoms with Crippen LogP contribution in [0.2, 0.25) is 0 Å². The number of carbonyl (C=O) groups excluding carboxylic acids is 2. The van der Waals surface area contributed by atoms with Crippen LogP contribution in [-0.4, -0.2) is 78.0 Å². The quantitative estimate of drug-likeness (QED) is 0.411. The highest BCUT2D eigenvalue weighted by Crippen LogP contribution is 2.04. The number of rotatable bonds is 8. The topological polar surface area (TPSA) is 119 Å². The molecule has 0 aliphatic carbocycles. The number of piperazine rings is 1. The summed E-state index contributed by atoms with van der Waals surface area (Å²) in [6.07, 6.45) is 0. The second-order valence-corrected chi connectivity index (χ2v) is 4.71. The molecule has 0 unspecified atom stereocenters. The van der Waals surface area contributed by atoms with Gasteiger partial charge in [0.25, 0.3) is 0 Å². The van der Waals surface area contributed by atoms with Crippen molar-refractivity contribution in [2.24, 2.45) is 5.18 Å². The van der Waals surface area contributed by atoms with Crippen molar-refractivity contribution in [2.45, 2.75) is 13.0 Å². The van der Waals surface area contributed by atoms with Crippen LogP contribution in [0.1, 0.15) is 6.92 Å². The second-order valence-electron chi connectivity index (χ2n) is 4.71. The van der Waals surface area contributed by atoms with E-state index in [4.69, 9.17) is 5.11 Å². The normalized spacial score (nSPS) is 17.9. The first-order valence-electron chi connectivity index (χ1n) is 6.22. The third-order valence-electron chi connectivity index (χ3n) is 2.98. The molecule has 1 fully saturated rings. The third-order valence-corrected chi connectivity index (χ3v) is 2.98. The standard InChI is InChI=1S/C11H18N4O5/c1-8(15(3-2-12-20)7-11(18)19)4-14-5-9(16)13-10(17)6-14/h8H,2-7H2,1H3,(H,18,19)(H,13,16,17)/t8-/m0/s1. The summed E-state index contributed by atoms with van der Waals surface area (Å²) in [6, 6.07) is -0.216. The Labute approximate surface area is 115 Å². The minimum atomic E-state index is -1.00. The maximum atomic E-state index is 11.2. The van der Waals surface area contributed by atoms with Gasteiger partial charge in [-0.2, -0.15) is 4.91 Å². The molecule has 0 spiro atoms. The number of carbonyl (C=O) groups is 3. The van der Waals surface area contributed by atoms with Crippen LogP contribution in [-0.2, 0) is 14.4 Å². The average Bonchev–Trinajstić information content (AvgIpc) is 2.32. The van der Waals surface area contributed by atoms with Crippen LogP contribution in [0.4, 0.5) is 0 Å². The zero-order chi connectivity index (χ0) is 15.1. The van der Waals surface area contributed by atoms with Gasteiger partial charge in [-0.25, -0.2) is 0 Å². The van der Waals surface area contributed by atoms with Crippen LogP contribution in [0.5, 0.6) is 0 Å². The van der Waals surface area contributed by atoms with E-state index in [-0.39, 0.29) is 50.6 Å². The lowest BCUT2D eigenvalue weighted by Gasteiger charge is -2.33. The monoisotopic (exact) mass is 286 g/mol. The van der Waals surface area contributed by atoms with E-state index in [1.54, 1.807) is 16.7 Å². The van der Waals surface area contributed by atoms with E-state index in [2.05, 4.69) is 10.5 Å². The molecule has 1 aliphatic heterocycles. The van der Waals surface area contributed by atoms with Crippen LogP contribution in [0.3, 0.4) is 0 Å². The van der Waals surface area contributed by atoms with Crippen molar-refractivity contribution in [3.05, 3.63) is 4.91 Å². The van der Waals surface area contributed by atoms with E-state index >= 15 is 0 Å². The van der Waals surface area contributed by atoms with Crippen LogP contribution >= 0.6 is 0 Å². The molecule has 1 aliphatic rings. The molecule has 9 nitrogen and oxygen atoms in total. The Hall–Kier alpha value is -1.87. The summed E-state index contributed by atoms with van der Waals surface area (Å²) >= 11 is 0. The number of imide groups is 1. The van der Waals surface area contributed by atoms with Crippen LogP contribution in [0.25, 0.3) is 0 Å². The Bertz CT molecular complexity index is 384. The Balaban J connectivity index is 2.57. The predicted molar refractivity (Wildman–Crippen MR) is 68.9 cm³/mol. The number of nitrogens with zero attached hydrogens (tertiary/aromatic N) is 3. The van der Waals surface area contributed by atoms with Crippen molar-refractivity contribution in [3.63, 3.8) is 0 Å². The molecule has 0 aromatic carbocycles. The van der Waals surface area contributed by atoms with E-state index in [0.29, 0.717) is 6.54 Å². The van der Waals surface area contributed by atoms with E-state index < -0.39 is 5.97 Å². The second kappa shape index (κ2) is 7.65. The van der Waals surface area contributed by atoms with Crippen LogP contribution in [0.15, 0.2) is 5.18 Å². The number of aliphatic carboxylic acids is 1. The van der Waals surface area contributed by atoms with E-state index in [9.17, 15) is 19.3 Å². The first-order valence-corrected chi connectivity index (χ1v) is 6.22. The summed E-state index contributed by atoms with van der Waals surface area (Å²) in [5.74, 6) is -1.74. The predicted octanol–water partition coefficient (Wildman–Crippen LogP) is -1.51. The van der Waals surface area contributed by atoms with Crippen molar-refractivity contribution in [1.82, 2.24) is 15.1 Å². The molecule has 0 bridgehead atoms. The third kappa shape index (κ3) is 5.41. The van der Waals surface area contributed by atoms with E-state index in [1.165, 1.54) is 0 Å². The summed E-state index contributed by atoms with van der Waals surface area (Å²) in [4.78, 5) is 46.7. The minimum absolute atomic E-state index is 0.00294. The molecule has 1 rings (SSSR count). The number of nitrogens with one attached hydrogen (secondary N) is 1. The van der Waals surface area contributed by atoms with Crippen molar-refractivity contribution in [2.75, 3.05) is 39.3 Å². The summed E-state index contributed by atoms with van der Waals surface area (Å²) in [5.41, 5.74) is 0. The van der Waals surface area contributed by atoms with Gasteiger partial charge >= 0.3 is 5.97 Å². The SMILES string of the molecule is C[C@@H](CN1CC(=O)NC(=O)C1)N(CCN=O)CC(=O)O. The Kier molecular flexibility index (Phi) is 6.19. The van der Waals surface area contributed by atoms with Crippen molar-refractivity contribution in [1.29, 1.82) is 0 Å². The number of nitroso groups, excluding NO2 is 1. The molecular formula is C11H18N4O5. The van der Waals surface area contributed by atoms with Gasteiger partial charge in [0.05, 0.1) is 26.2 Å². The van der Waals surface area contributed by atoms with E-state index in [0.717, 1.165) is 0 Å². The smallest absolute Gasteiger partial charge is 0.317 e. The molecule has 2 amide bonds. The molecule has 1 heterocycles. The highest BCUT2D eigenvalue weighted by Gasteiger charge is 2.26. The molecule has 9 heteroatoms. The molecule has 1 atom stereocenters. The Morgan fingerprint density at radius 2 is 2.05 bits per heavy atom. The fourth-order valence-corrected chi connectivity index (χ4v) is 2.11. The number of carboxylic acids is 1. The van der Waals surface area contributed by atoms with Gasteiger partial charge in [0, 0.05) is 19.1 Å². The van der Waals surface area contributed by atoms with Gasteiger partial charge in [0.15, 0.2) is 0 Å². The lowest BCUT2D eigenvalue weighted by Crippen LogP contribution is -2.55. The van der Waals surface area contributed by atoms with Gasteiger partial charge < -0.3 is 5.11 Å². The highest BCUT2D eigenvalue weighted by atomic mass is 16.4. The van der Waals surface area contributed by atoms with E-state index in [1.807, 2.05) is 0 Å². The van der Waals surface area contributed by atoms with Gasteiger partial charge in [-0.15, -0.1) is 0 Å². The van der Waals surface area contributed by atoms with Gasteiger partial charge in [-0.05, 0) is 6.92 Å². The first kappa shape index (κ1) is 16.2. The molecule has 0 aromatic heterocycles. The maximum absolute atomic E-state index is 11.2. The summed E-state index contributed by atoms with van der Waals surface area (Å²) in [5, 5.41) is 13.8. The first-order chi connectivity index (χ1) is 9.42.